The zero-order chi connectivity index (χ0) is 15.5. The smallest absolute Gasteiger partial charge is 0.274 e. The highest BCUT2D eigenvalue weighted by molar-refractivity contribution is 6.07. The third-order valence-electron chi connectivity index (χ3n) is 3.31. The van der Waals surface area contributed by atoms with E-state index < -0.39 is 0 Å². The highest BCUT2D eigenvalue weighted by atomic mass is 16.1. The minimum absolute atomic E-state index is 0.248. The van der Waals surface area contributed by atoms with E-state index in [1.165, 1.54) is 0 Å². The quantitative estimate of drug-likeness (QED) is 0.806. The van der Waals surface area contributed by atoms with Gasteiger partial charge in [-0.25, -0.2) is 4.98 Å². The fourth-order valence-electron chi connectivity index (χ4n) is 2.19. The number of nitrogens with zero attached hydrogens (tertiary/aromatic N) is 3. The molecule has 110 valence electrons. The summed E-state index contributed by atoms with van der Waals surface area (Å²) < 4.78 is 0. The number of hydrogen-bond acceptors (Lipinski definition) is 4. The summed E-state index contributed by atoms with van der Waals surface area (Å²) in [5.41, 5.74) is 1.82. The van der Waals surface area contributed by atoms with Crippen molar-refractivity contribution in [2.75, 3.05) is 24.3 Å². The van der Waals surface area contributed by atoms with Gasteiger partial charge in [0.1, 0.15) is 11.5 Å². The molecule has 3 rings (SSSR count). The van der Waals surface area contributed by atoms with Crippen molar-refractivity contribution in [1.82, 2.24) is 9.97 Å². The molecule has 0 saturated heterocycles. The van der Waals surface area contributed by atoms with Gasteiger partial charge in [-0.3, -0.25) is 9.78 Å². The monoisotopic (exact) mass is 292 g/mol. The van der Waals surface area contributed by atoms with Gasteiger partial charge in [0.15, 0.2) is 0 Å². The zero-order valence-corrected chi connectivity index (χ0v) is 12.4. The summed E-state index contributed by atoms with van der Waals surface area (Å²) in [6, 6.07) is 14.9. The average Bonchev–Trinajstić information content (AvgIpc) is 2.55. The molecule has 22 heavy (non-hydrogen) atoms. The summed E-state index contributed by atoms with van der Waals surface area (Å²) in [7, 11) is 3.78. The number of anilines is 2. The molecule has 1 amide bonds. The number of fused-ring (bicyclic) bond motifs is 1. The molecule has 0 spiro atoms. The van der Waals surface area contributed by atoms with E-state index in [2.05, 4.69) is 15.3 Å². The first kappa shape index (κ1) is 14.0. The molecule has 0 saturated carbocycles. The van der Waals surface area contributed by atoms with Gasteiger partial charge in [0.25, 0.3) is 5.91 Å². The lowest BCUT2D eigenvalue weighted by molar-refractivity contribution is 0.102. The molecule has 2 heterocycles. The fourth-order valence-corrected chi connectivity index (χ4v) is 2.19. The SMILES string of the molecule is CN(C)c1cccc(C(=O)Nc2cccc3cccnc23)n1. The highest BCUT2D eigenvalue weighted by Crippen LogP contribution is 2.21. The maximum atomic E-state index is 12.4. The third-order valence-corrected chi connectivity index (χ3v) is 3.31. The molecule has 0 radical (unpaired) electrons. The van der Waals surface area contributed by atoms with E-state index in [0.29, 0.717) is 11.4 Å². The van der Waals surface area contributed by atoms with Crippen LogP contribution in [-0.2, 0) is 0 Å². The first-order valence-corrected chi connectivity index (χ1v) is 6.94. The van der Waals surface area contributed by atoms with E-state index in [4.69, 9.17) is 0 Å². The predicted octanol–water partition coefficient (Wildman–Crippen LogP) is 2.95. The van der Waals surface area contributed by atoms with E-state index in [1.807, 2.05) is 61.5 Å². The zero-order valence-electron chi connectivity index (χ0n) is 12.4. The maximum Gasteiger partial charge on any atom is 0.274 e. The lowest BCUT2D eigenvalue weighted by Crippen LogP contribution is -2.17. The lowest BCUT2D eigenvalue weighted by atomic mass is 10.2. The van der Waals surface area contributed by atoms with Gasteiger partial charge in [-0.15, -0.1) is 0 Å². The van der Waals surface area contributed by atoms with Crippen LogP contribution in [0, 0.1) is 0 Å². The van der Waals surface area contributed by atoms with Crippen molar-refractivity contribution in [3.63, 3.8) is 0 Å². The second kappa shape index (κ2) is 5.81. The van der Waals surface area contributed by atoms with Crippen LogP contribution in [0.1, 0.15) is 10.5 Å². The van der Waals surface area contributed by atoms with Crippen molar-refractivity contribution in [3.05, 3.63) is 60.4 Å². The third kappa shape index (κ3) is 2.74. The Hall–Kier alpha value is -2.95. The Labute approximate surface area is 128 Å². The number of aromatic nitrogens is 2. The van der Waals surface area contributed by atoms with Crippen LogP contribution < -0.4 is 10.2 Å². The van der Waals surface area contributed by atoms with Crippen molar-refractivity contribution in [2.24, 2.45) is 0 Å². The number of pyridine rings is 2. The second-order valence-electron chi connectivity index (χ2n) is 5.11. The van der Waals surface area contributed by atoms with E-state index in [1.54, 1.807) is 12.3 Å². The van der Waals surface area contributed by atoms with Gasteiger partial charge in [-0.2, -0.15) is 0 Å². The molecule has 2 aromatic heterocycles. The Morgan fingerprint density at radius 1 is 1.05 bits per heavy atom. The number of rotatable bonds is 3. The molecule has 0 bridgehead atoms. The van der Waals surface area contributed by atoms with E-state index >= 15 is 0 Å². The van der Waals surface area contributed by atoms with Crippen molar-refractivity contribution < 1.29 is 4.79 Å². The van der Waals surface area contributed by atoms with E-state index in [-0.39, 0.29) is 5.91 Å². The van der Waals surface area contributed by atoms with Crippen LogP contribution in [0.5, 0.6) is 0 Å². The predicted molar refractivity (Wildman–Crippen MR) is 88.3 cm³/mol. The molecule has 0 aliphatic carbocycles. The van der Waals surface area contributed by atoms with Crippen LogP contribution >= 0.6 is 0 Å². The van der Waals surface area contributed by atoms with Crippen LogP contribution in [-0.4, -0.2) is 30.0 Å². The molecule has 3 aromatic rings. The number of carbonyl (C=O) groups excluding carboxylic acids is 1. The molecule has 0 aliphatic heterocycles. The Morgan fingerprint density at radius 3 is 2.64 bits per heavy atom. The maximum absolute atomic E-state index is 12.4. The molecule has 0 unspecified atom stereocenters. The topological polar surface area (TPSA) is 58.1 Å². The standard InChI is InChI=1S/C17H16N4O/c1-21(2)15-10-4-9-14(19-15)17(22)20-13-8-3-6-12-7-5-11-18-16(12)13/h3-11H,1-2H3,(H,20,22). The fraction of sp³-hybridized carbons (Fsp3) is 0.118. The number of para-hydroxylation sites is 1. The van der Waals surface area contributed by atoms with E-state index in [9.17, 15) is 4.79 Å². The minimum Gasteiger partial charge on any atom is -0.363 e. The summed E-state index contributed by atoms with van der Waals surface area (Å²) in [5, 5.41) is 3.87. The van der Waals surface area contributed by atoms with Gasteiger partial charge in [-0.1, -0.05) is 24.3 Å². The summed E-state index contributed by atoms with van der Waals surface area (Å²) in [6.07, 6.45) is 1.71. The van der Waals surface area contributed by atoms with Gasteiger partial charge in [0, 0.05) is 25.7 Å². The Morgan fingerprint density at radius 2 is 1.82 bits per heavy atom. The van der Waals surface area contributed by atoms with Crippen LogP contribution in [0.4, 0.5) is 11.5 Å². The molecule has 0 fully saturated rings. The molecular formula is C17H16N4O. The highest BCUT2D eigenvalue weighted by Gasteiger charge is 2.11. The van der Waals surface area contributed by atoms with Crippen molar-refractivity contribution in [1.29, 1.82) is 0 Å². The normalized spacial score (nSPS) is 10.5. The van der Waals surface area contributed by atoms with Gasteiger partial charge in [-0.05, 0) is 24.3 Å². The average molecular weight is 292 g/mol. The van der Waals surface area contributed by atoms with Crippen molar-refractivity contribution in [3.8, 4) is 0 Å². The minimum atomic E-state index is -0.248. The van der Waals surface area contributed by atoms with Crippen molar-refractivity contribution in [2.45, 2.75) is 0 Å². The van der Waals surface area contributed by atoms with Gasteiger partial charge in [0.05, 0.1) is 11.2 Å². The van der Waals surface area contributed by atoms with Crippen LogP contribution in [0.3, 0.4) is 0 Å². The second-order valence-corrected chi connectivity index (χ2v) is 5.11. The van der Waals surface area contributed by atoms with Gasteiger partial charge >= 0.3 is 0 Å². The lowest BCUT2D eigenvalue weighted by Gasteiger charge is -2.12. The number of amides is 1. The van der Waals surface area contributed by atoms with Crippen molar-refractivity contribution >= 4 is 28.3 Å². The molecule has 5 nitrogen and oxygen atoms in total. The number of benzene rings is 1. The van der Waals surface area contributed by atoms with Crippen LogP contribution in [0.25, 0.3) is 10.9 Å². The molecule has 1 N–H and O–H groups in total. The van der Waals surface area contributed by atoms with E-state index in [0.717, 1.165) is 16.7 Å². The number of hydrogen-bond donors (Lipinski definition) is 1. The molecule has 5 heteroatoms. The summed E-state index contributed by atoms with van der Waals surface area (Å²) in [6.45, 7) is 0. The summed E-state index contributed by atoms with van der Waals surface area (Å²) >= 11 is 0. The Balaban J connectivity index is 1.92. The Kier molecular flexibility index (Phi) is 3.70. The largest absolute Gasteiger partial charge is 0.363 e. The number of carbonyl (C=O) groups is 1. The number of nitrogens with one attached hydrogen (secondary N) is 1. The van der Waals surface area contributed by atoms with Crippen LogP contribution in [0.15, 0.2) is 54.7 Å². The molecular weight excluding hydrogens is 276 g/mol. The Bertz CT molecular complexity index is 824. The van der Waals surface area contributed by atoms with Gasteiger partial charge in [0.2, 0.25) is 0 Å². The molecule has 0 aliphatic rings. The molecule has 1 aromatic carbocycles. The molecule has 0 atom stereocenters. The first-order chi connectivity index (χ1) is 10.6. The first-order valence-electron chi connectivity index (χ1n) is 6.94. The van der Waals surface area contributed by atoms with Gasteiger partial charge < -0.3 is 10.2 Å². The summed E-state index contributed by atoms with van der Waals surface area (Å²) in [5.74, 6) is 0.491. The summed E-state index contributed by atoms with van der Waals surface area (Å²) in [4.78, 5) is 22.9. The van der Waals surface area contributed by atoms with Crippen LogP contribution in [0.2, 0.25) is 0 Å².